The lowest BCUT2D eigenvalue weighted by Gasteiger charge is -2.22. The molecule has 0 spiro atoms. The summed E-state index contributed by atoms with van der Waals surface area (Å²) in [6.45, 7) is 4.04. The molecule has 1 aromatic carbocycles. The third-order valence-electron chi connectivity index (χ3n) is 5.42. The Hall–Kier alpha value is -2.47. The molecule has 0 radical (unpaired) electrons. The first kappa shape index (κ1) is 17.9. The largest absolute Gasteiger partial charge is 0.397 e. The van der Waals surface area contributed by atoms with Crippen LogP contribution in [0.1, 0.15) is 46.3 Å². The minimum Gasteiger partial charge on any atom is -0.397 e. The van der Waals surface area contributed by atoms with Gasteiger partial charge in [-0.25, -0.2) is 9.37 Å². The lowest BCUT2D eigenvalue weighted by atomic mass is 9.85. The highest BCUT2D eigenvalue weighted by Crippen LogP contribution is 2.37. The minimum absolute atomic E-state index is 0.325. The Labute approximate surface area is 161 Å². The fourth-order valence-electron chi connectivity index (χ4n) is 3.69. The Morgan fingerprint density at radius 1 is 1.41 bits per heavy atom. The molecule has 0 fully saturated rings. The van der Waals surface area contributed by atoms with Gasteiger partial charge in [-0.1, -0.05) is 19.4 Å². The molecule has 0 unspecified atom stereocenters. The van der Waals surface area contributed by atoms with E-state index in [-0.39, 0.29) is 11.7 Å². The van der Waals surface area contributed by atoms with Gasteiger partial charge in [0.15, 0.2) is 0 Å². The number of carbonyl (C=O) groups excluding carboxylic acids is 1. The summed E-state index contributed by atoms with van der Waals surface area (Å²) in [6, 6.07) is 6.43. The van der Waals surface area contributed by atoms with E-state index in [1.165, 1.54) is 29.0 Å². The maximum Gasteiger partial charge on any atom is 0.267 e. The van der Waals surface area contributed by atoms with Gasteiger partial charge >= 0.3 is 0 Å². The number of nitrogen functional groups attached to an aromatic ring is 1. The normalized spacial score (nSPS) is 16.3. The van der Waals surface area contributed by atoms with Crippen molar-refractivity contribution in [2.45, 2.75) is 39.5 Å². The molecule has 3 N–H and O–H groups in total. The summed E-state index contributed by atoms with van der Waals surface area (Å²) in [4.78, 5) is 18.8. The predicted octanol–water partition coefficient (Wildman–Crippen LogP) is 5.09. The Balaban J connectivity index is 1.69. The number of aromatic nitrogens is 1. The first-order chi connectivity index (χ1) is 13.0. The molecule has 1 aliphatic rings. The number of halogens is 1. The highest BCUT2D eigenvalue weighted by Gasteiger charge is 2.23. The van der Waals surface area contributed by atoms with E-state index in [0.717, 1.165) is 47.2 Å². The number of amides is 1. The van der Waals surface area contributed by atoms with E-state index < -0.39 is 0 Å². The number of anilines is 2. The van der Waals surface area contributed by atoms with Gasteiger partial charge in [0.1, 0.15) is 15.5 Å². The fraction of sp³-hybridized carbons (Fsp3) is 0.333. The number of rotatable bonds is 3. The Kier molecular flexibility index (Phi) is 4.60. The van der Waals surface area contributed by atoms with Gasteiger partial charge in [-0.3, -0.25) is 4.79 Å². The van der Waals surface area contributed by atoms with Crippen molar-refractivity contribution >= 4 is 38.8 Å². The first-order valence-electron chi connectivity index (χ1n) is 9.24. The molecule has 3 aromatic rings. The number of hydrogen-bond acceptors (Lipinski definition) is 4. The summed E-state index contributed by atoms with van der Waals surface area (Å²) < 4.78 is 13.5. The van der Waals surface area contributed by atoms with Crippen LogP contribution in [0.2, 0.25) is 0 Å². The third-order valence-corrected chi connectivity index (χ3v) is 6.53. The second kappa shape index (κ2) is 6.93. The van der Waals surface area contributed by atoms with Gasteiger partial charge in [0.25, 0.3) is 5.91 Å². The fourth-order valence-corrected chi connectivity index (χ4v) is 4.68. The van der Waals surface area contributed by atoms with Gasteiger partial charge < -0.3 is 11.1 Å². The zero-order valence-corrected chi connectivity index (χ0v) is 16.3. The highest BCUT2D eigenvalue weighted by atomic mass is 32.1. The van der Waals surface area contributed by atoms with E-state index in [1.807, 2.05) is 6.92 Å². The van der Waals surface area contributed by atoms with E-state index in [9.17, 15) is 9.18 Å². The van der Waals surface area contributed by atoms with Crippen LogP contribution in [0.4, 0.5) is 15.8 Å². The van der Waals surface area contributed by atoms with Gasteiger partial charge in [-0.2, -0.15) is 0 Å². The predicted molar refractivity (Wildman–Crippen MR) is 109 cm³/mol. The van der Waals surface area contributed by atoms with Crippen LogP contribution in [0.3, 0.4) is 0 Å². The van der Waals surface area contributed by atoms with Gasteiger partial charge in [0.2, 0.25) is 0 Å². The number of nitrogens with two attached hydrogens (primary N) is 1. The standard InChI is InChI=1S/C21H22FN3OS/c1-3-12-5-7-16-13(8-12)9-15-18(23)19(27-21(15)25-16)20(26)24-17-10-14(22)6-4-11(17)2/h4,6,9-10,12H,3,5,7-8,23H2,1-2H3,(H,24,26)/t12-/m1/s1. The lowest BCUT2D eigenvalue weighted by molar-refractivity contribution is 0.103. The average molecular weight is 383 g/mol. The maximum atomic E-state index is 13.5. The number of thiophene rings is 1. The molecule has 140 valence electrons. The number of nitrogens with zero attached hydrogens (tertiary/aromatic N) is 1. The van der Waals surface area contributed by atoms with E-state index in [1.54, 1.807) is 6.07 Å². The second-order valence-corrected chi connectivity index (χ2v) is 8.22. The topological polar surface area (TPSA) is 68.0 Å². The van der Waals surface area contributed by atoms with E-state index in [0.29, 0.717) is 22.2 Å². The number of hydrogen-bond donors (Lipinski definition) is 2. The van der Waals surface area contributed by atoms with Crippen LogP contribution in [0, 0.1) is 18.7 Å². The summed E-state index contributed by atoms with van der Waals surface area (Å²) in [5, 5.41) is 3.62. The molecule has 0 saturated carbocycles. The summed E-state index contributed by atoms with van der Waals surface area (Å²) >= 11 is 1.30. The van der Waals surface area contributed by atoms with Gasteiger partial charge in [0.05, 0.1) is 5.69 Å². The van der Waals surface area contributed by atoms with Gasteiger partial charge in [0, 0.05) is 16.8 Å². The van der Waals surface area contributed by atoms with Crippen molar-refractivity contribution in [3.05, 3.63) is 51.8 Å². The van der Waals surface area contributed by atoms with Crippen LogP contribution in [0.5, 0.6) is 0 Å². The number of aryl methyl sites for hydroxylation is 2. The first-order valence-corrected chi connectivity index (χ1v) is 10.1. The number of nitrogens with one attached hydrogen (secondary N) is 1. The van der Waals surface area contributed by atoms with Crippen molar-refractivity contribution in [2.75, 3.05) is 11.1 Å². The second-order valence-electron chi connectivity index (χ2n) is 7.22. The molecular weight excluding hydrogens is 361 g/mol. The molecule has 1 aliphatic carbocycles. The third kappa shape index (κ3) is 3.30. The number of benzene rings is 1. The van der Waals surface area contributed by atoms with Gasteiger partial charge in [-0.05, 0) is 61.4 Å². The summed E-state index contributed by atoms with van der Waals surface area (Å²) in [5.74, 6) is -0.0241. The number of pyridine rings is 1. The number of carbonyl (C=O) groups is 1. The summed E-state index contributed by atoms with van der Waals surface area (Å²) in [5.41, 5.74) is 10.4. The number of fused-ring (bicyclic) bond motifs is 2. The molecule has 0 bridgehead atoms. The molecule has 27 heavy (non-hydrogen) atoms. The Bertz CT molecular complexity index is 1040. The van der Waals surface area contributed by atoms with Crippen molar-refractivity contribution in [2.24, 2.45) is 5.92 Å². The summed E-state index contributed by atoms with van der Waals surface area (Å²) in [6.07, 6.45) is 4.33. The van der Waals surface area contributed by atoms with E-state index >= 15 is 0 Å². The minimum atomic E-state index is -0.389. The van der Waals surface area contributed by atoms with Crippen molar-refractivity contribution in [3.8, 4) is 0 Å². The molecule has 6 heteroatoms. The van der Waals surface area contributed by atoms with E-state index in [4.69, 9.17) is 10.7 Å². The van der Waals surface area contributed by atoms with Crippen LogP contribution < -0.4 is 11.1 Å². The zero-order valence-electron chi connectivity index (χ0n) is 15.4. The average Bonchev–Trinajstić information content (AvgIpc) is 2.98. The van der Waals surface area contributed by atoms with Crippen LogP contribution in [0.25, 0.3) is 10.2 Å². The zero-order chi connectivity index (χ0) is 19.1. The van der Waals surface area contributed by atoms with Gasteiger partial charge in [-0.15, -0.1) is 11.3 Å². The highest BCUT2D eigenvalue weighted by molar-refractivity contribution is 7.21. The lowest BCUT2D eigenvalue weighted by Crippen LogP contribution is -2.14. The molecule has 1 amide bonds. The van der Waals surface area contributed by atoms with Crippen LogP contribution in [-0.2, 0) is 12.8 Å². The smallest absolute Gasteiger partial charge is 0.267 e. The van der Waals surface area contributed by atoms with Crippen LogP contribution in [0.15, 0.2) is 24.3 Å². The maximum absolute atomic E-state index is 13.5. The molecule has 0 saturated heterocycles. The van der Waals surface area contributed by atoms with Crippen LogP contribution in [-0.4, -0.2) is 10.9 Å². The van der Waals surface area contributed by atoms with Crippen LogP contribution >= 0.6 is 11.3 Å². The van der Waals surface area contributed by atoms with Crippen molar-refractivity contribution in [1.82, 2.24) is 4.98 Å². The summed E-state index contributed by atoms with van der Waals surface area (Å²) in [7, 11) is 0. The quantitative estimate of drug-likeness (QED) is 0.662. The molecular formula is C21H22FN3OS. The molecule has 4 rings (SSSR count). The molecule has 2 aromatic heterocycles. The Morgan fingerprint density at radius 2 is 2.22 bits per heavy atom. The Morgan fingerprint density at radius 3 is 3.00 bits per heavy atom. The van der Waals surface area contributed by atoms with Crippen molar-refractivity contribution < 1.29 is 9.18 Å². The van der Waals surface area contributed by atoms with E-state index in [2.05, 4.69) is 18.3 Å². The monoisotopic (exact) mass is 383 g/mol. The van der Waals surface area contributed by atoms with Crippen molar-refractivity contribution in [3.63, 3.8) is 0 Å². The molecule has 1 atom stereocenters. The molecule has 0 aliphatic heterocycles. The molecule has 2 heterocycles. The van der Waals surface area contributed by atoms with Crippen molar-refractivity contribution in [1.29, 1.82) is 0 Å². The molecule has 4 nitrogen and oxygen atoms in total. The SMILES string of the molecule is CC[C@@H]1CCc2nc3sc(C(=O)Nc4cc(F)ccc4C)c(N)c3cc2C1.